The van der Waals surface area contributed by atoms with E-state index >= 15 is 0 Å². The Balaban J connectivity index is 2.07. The average molecular weight is 281 g/mol. The SMILES string of the molecule is CNc1ccc(Cl)c(CSc2ncc(C)cn2)n1. The van der Waals surface area contributed by atoms with Crippen LogP contribution >= 0.6 is 23.4 Å². The molecule has 2 aromatic heterocycles. The Hall–Kier alpha value is -1.33. The highest BCUT2D eigenvalue weighted by atomic mass is 35.5. The highest BCUT2D eigenvalue weighted by molar-refractivity contribution is 7.98. The molecule has 6 heteroatoms. The molecule has 4 nitrogen and oxygen atoms in total. The van der Waals surface area contributed by atoms with E-state index in [1.54, 1.807) is 12.4 Å². The van der Waals surface area contributed by atoms with Crippen molar-refractivity contribution >= 4 is 29.2 Å². The van der Waals surface area contributed by atoms with E-state index in [1.165, 1.54) is 11.8 Å². The minimum atomic E-state index is 0.650. The van der Waals surface area contributed by atoms with Gasteiger partial charge in [0.15, 0.2) is 5.16 Å². The first-order valence-electron chi connectivity index (χ1n) is 5.43. The van der Waals surface area contributed by atoms with Gasteiger partial charge in [0.2, 0.25) is 0 Å². The topological polar surface area (TPSA) is 50.7 Å². The molecule has 0 radical (unpaired) electrons. The molecule has 0 saturated heterocycles. The molecule has 18 heavy (non-hydrogen) atoms. The van der Waals surface area contributed by atoms with Crippen LogP contribution in [0.15, 0.2) is 29.7 Å². The number of rotatable bonds is 4. The Morgan fingerprint density at radius 1 is 1.28 bits per heavy atom. The predicted octanol–water partition coefficient (Wildman–Crippen LogP) is 3.17. The molecule has 0 bridgehead atoms. The predicted molar refractivity (Wildman–Crippen MR) is 75.1 cm³/mol. The van der Waals surface area contributed by atoms with Gasteiger partial charge in [0, 0.05) is 25.2 Å². The van der Waals surface area contributed by atoms with Crippen LogP contribution in [-0.4, -0.2) is 22.0 Å². The zero-order valence-electron chi connectivity index (χ0n) is 10.1. The summed E-state index contributed by atoms with van der Waals surface area (Å²) in [4.78, 5) is 12.9. The first-order chi connectivity index (χ1) is 8.69. The van der Waals surface area contributed by atoms with Crippen molar-refractivity contribution < 1.29 is 0 Å². The first kappa shape index (κ1) is 13.1. The van der Waals surface area contributed by atoms with Crippen LogP contribution in [0, 0.1) is 6.92 Å². The second-order valence-corrected chi connectivity index (χ2v) is 5.06. The third kappa shape index (κ3) is 3.34. The molecular formula is C12H13ClN4S. The molecule has 0 spiro atoms. The van der Waals surface area contributed by atoms with Crippen LogP contribution in [0.2, 0.25) is 5.02 Å². The van der Waals surface area contributed by atoms with E-state index < -0.39 is 0 Å². The molecule has 0 atom stereocenters. The van der Waals surface area contributed by atoms with Crippen molar-refractivity contribution in [2.45, 2.75) is 17.8 Å². The lowest BCUT2D eigenvalue weighted by atomic mass is 10.3. The number of hydrogen-bond acceptors (Lipinski definition) is 5. The summed E-state index contributed by atoms with van der Waals surface area (Å²) >= 11 is 7.62. The minimum Gasteiger partial charge on any atom is -0.373 e. The van der Waals surface area contributed by atoms with Gasteiger partial charge in [0.25, 0.3) is 0 Å². The van der Waals surface area contributed by atoms with Gasteiger partial charge >= 0.3 is 0 Å². The van der Waals surface area contributed by atoms with E-state index in [9.17, 15) is 0 Å². The minimum absolute atomic E-state index is 0.650. The van der Waals surface area contributed by atoms with Crippen LogP contribution in [0.4, 0.5) is 5.82 Å². The number of nitrogens with zero attached hydrogens (tertiary/aromatic N) is 3. The molecular weight excluding hydrogens is 268 g/mol. The van der Waals surface area contributed by atoms with Gasteiger partial charge in [-0.3, -0.25) is 0 Å². The highest BCUT2D eigenvalue weighted by Gasteiger charge is 2.05. The van der Waals surface area contributed by atoms with Gasteiger partial charge in [-0.25, -0.2) is 15.0 Å². The maximum Gasteiger partial charge on any atom is 0.187 e. The second kappa shape index (κ2) is 6.02. The average Bonchev–Trinajstić information content (AvgIpc) is 2.40. The van der Waals surface area contributed by atoms with Crippen molar-refractivity contribution in [1.29, 1.82) is 0 Å². The number of hydrogen-bond donors (Lipinski definition) is 1. The van der Waals surface area contributed by atoms with Crippen LogP contribution in [0.3, 0.4) is 0 Å². The number of halogens is 1. The quantitative estimate of drug-likeness (QED) is 0.689. The largest absolute Gasteiger partial charge is 0.373 e. The van der Waals surface area contributed by atoms with E-state index in [1.807, 2.05) is 26.1 Å². The molecule has 94 valence electrons. The summed E-state index contributed by atoms with van der Waals surface area (Å²) in [5.74, 6) is 1.46. The molecule has 0 saturated carbocycles. The number of aromatic nitrogens is 3. The van der Waals surface area contributed by atoms with Crippen LogP contribution in [0.5, 0.6) is 0 Å². The number of anilines is 1. The zero-order valence-corrected chi connectivity index (χ0v) is 11.7. The fraction of sp³-hybridized carbons (Fsp3) is 0.250. The maximum atomic E-state index is 6.10. The summed E-state index contributed by atoms with van der Waals surface area (Å²) in [5, 5.41) is 4.38. The van der Waals surface area contributed by atoms with Crippen molar-refractivity contribution in [2.75, 3.05) is 12.4 Å². The van der Waals surface area contributed by atoms with Crippen molar-refractivity contribution in [1.82, 2.24) is 15.0 Å². The smallest absolute Gasteiger partial charge is 0.187 e. The third-order valence-corrected chi connectivity index (χ3v) is 3.50. The summed E-state index contributed by atoms with van der Waals surface area (Å²) in [7, 11) is 1.83. The normalized spacial score (nSPS) is 10.4. The molecule has 0 aliphatic heterocycles. The Morgan fingerprint density at radius 3 is 2.67 bits per heavy atom. The lowest BCUT2D eigenvalue weighted by Gasteiger charge is -2.05. The molecule has 0 unspecified atom stereocenters. The van der Waals surface area contributed by atoms with E-state index in [0.717, 1.165) is 22.2 Å². The van der Waals surface area contributed by atoms with E-state index in [4.69, 9.17) is 11.6 Å². The van der Waals surface area contributed by atoms with Crippen molar-refractivity contribution in [3.63, 3.8) is 0 Å². The first-order valence-corrected chi connectivity index (χ1v) is 6.80. The summed E-state index contributed by atoms with van der Waals surface area (Å²) < 4.78 is 0. The van der Waals surface area contributed by atoms with Crippen molar-refractivity contribution in [3.05, 3.63) is 40.8 Å². The maximum absolute atomic E-state index is 6.10. The molecule has 0 fully saturated rings. The number of aryl methyl sites for hydroxylation is 1. The summed E-state index contributed by atoms with van der Waals surface area (Å²) in [6.07, 6.45) is 3.60. The Kier molecular flexibility index (Phi) is 4.38. The zero-order chi connectivity index (χ0) is 13.0. The Bertz CT molecular complexity index is 530. The van der Waals surface area contributed by atoms with E-state index in [0.29, 0.717) is 10.8 Å². The lowest BCUT2D eigenvalue weighted by molar-refractivity contribution is 0.948. The molecule has 0 aliphatic rings. The standard InChI is InChI=1S/C12H13ClN4S/c1-8-5-15-12(16-6-8)18-7-10-9(13)3-4-11(14-2)17-10/h3-6H,7H2,1-2H3,(H,14,17). The van der Waals surface area contributed by atoms with Crippen LogP contribution < -0.4 is 5.32 Å². The van der Waals surface area contributed by atoms with Gasteiger partial charge in [-0.2, -0.15) is 0 Å². The van der Waals surface area contributed by atoms with Crippen molar-refractivity contribution in [3.8, 4) is 0 Å². The Labute approximate surface area is 115 Å². The van der Waals surface area contributed by atoms with E-state index in [2.05, 4.69) is 20.3 Å². The molecule has 1 N–H and O–H groups in total. The van der Waals surface area contributed by atoms with Crippen molar-refractivity contribution in [2.24, 2.45) is 0 Å². The molecule has 2 heterocycles. The van der Waals surface area contributed by atoms with Crippen LogP contribution in [0.25, 0.3) is 0 Å². The number of nitrogens with one attached hydrogen (secondary N) is 1. The summed E-state index contributed by atoms with van der Waals surface area (Å²) in [6, 6.07) is 3.69. The van der Waals surface area contributed by atoms with Gasteiger partial charge in [0.05, 0.1) is 10.7 Å². The fourth-order valence-electron chi connectivity index (χ4n) is 1.31. The summed E-state index contributed by atoms with van der Waals surface area (Å²) in [5.41, 5.74) is 1.88. The lowest BCUT2D eigenvalue weighted by Crippen LogP contribution is -1.97. The molecule has 0 aromatic carbocycles. The molecule has 0 amide bonds. The number of thioether (sulfide) groups is 1. The van der Waals surface area contributed by atoms with Gasteiger partial charge < -0.3 is 5.32 Å². The third-order valence-electron chi connectivity index (χ3n) is 2.27. The van der Waals surface area contributed by atoms with Gasteiger partial charge in [0.1, 0.15) is 5.82 Å². The number of pyridine rings is 1. The van der Waals surface area contributed by atoms with E-state index in [-0.39, 0.29) is 0 Å². The van der Waals surface area contributed by atoms with Gasteiger partial charge in [-0.05, 0) is 24.6 Å². The Morgan fingerprint density at radius 2 is 2.00 bits per heavy atom. The monoisotopic (exact) mass is 280 g/mol. The molecule has 2 aromatic rings. The van der Waals surface area contributed by atoms with Gasteiger partial charge in [-0.15, -0.1) is 0 Å². The molecule has 2 rings (SSSR count). The second-order valence-electron chi connectivity index (χ2n) is 3.71. The highest BCUT2D eigenvalue weighted by Crippen LogP contribution is 2.24. The van der Waals surface area contributed by atoms with Crippen LogP contribution in [0.1, 0.15) is 11.3 Å². The molecule has 0 aliphatic carbocycles. The summed E-state index contributed by atoms with van der Waals surface area (Å²) in [6.45, 7) is 1.96. The van der Waals surface area contributed by atoms with Crippen LogP contribution in [-0.2, 0) is 5.75 Å². The van der Waals surface area contributed by atoms with Gasteiger partial charge in [-0.1, -0.05) is 23.4 Å². The fourth-order valence-corrected chi connectivity index (χ4v) is 2.30.